The second-order valence-electron chi connectivity index (χ2n) is 7.68. The number of carbonyl (C=O) groups is 1. The van der Waals surface area contributed by atoms with Crippen molar-refractivity contribution < 1.29 is 14.3 Å². The smallest absolute Gasteiger partial charge is 0.244 e. The number of carbonyl (C=O) groups excluding carboxylic acids is 1. The number of ether oxygens (including phenoxy) is 2. The molecule has 2 heterocycles. The topological polar surface area (TPSA) is 64.8 Å². The Kier molecular flexibility index (Phi) is 2.95. The van der Waals surface area contributed by atoms with Crippen molar-refractivity contribution in [2.75, 3.05) is 19.8 Å². The minimum atomic E-state index is -0.765. The van der Waals surface area contributed by atoms with E-state index in [2.05, 4.69) is 13.8 Å². The Balaban J connectivity index is 1.62. The Morgan fingerprint density at radius 2 is 2.00 bits per heavy atom. The van der Waals surface area contributed by atoms with E-state index in [4.69, 9.17) is 15.2 Å². The van der Waals surface area contributed by atoms with Gasteiger partial charge in [-0.25, -0.2) is 0 Å². The van der Waals surface area contributed by atoms with E-state index >= 15 is 0 Å². The van der Waals surface area contributed by atoms with Crippen LogP contribution in [0.25, 0.3) is 0 Å². The van der Waals surface area contributed by atoms with Gasteiger partial charge in [0.2, 0.25) is 5.91 Å². The van der Waals surface area contributed by atoms with Crippen LogP contribution in [-0.2, 0) is 14.3 Å². The maximum atomic E-state index is 13.3. The number of morpholine rings is 1. The molecule has 5 atom stereocenters. The quantitative estimate of drug-likeness (QED) is 0.781. The summed E-state index contributed by atoms with van der Waals surface area (Å²) in [5.74, 6) is 0.321. The van der Waals surface area contributed by atoms with Gasteiger partial charge in [0, 0.05) is 24.5 Å². The first-order chi connectivity index (χ1) is 9.98. The lowest BCUT2D eigenvalue weighted by atomic mass is 9.47. The molecule has 2 saturated carbocycles. The fourth-order valence-electron chi connectivity index (χ4n) is 5.23. The fourth-order valence-corrected chi connectivity index (χ4v) is 5.23. The molecule has 2 aliphatic heterocycles. The highest BCUT2D eigenvalue weighted by Gasteiger charge is 2.72. The van der Waals surface area contributed by atoms with Crippen LogP contribution in [0.4, 0.5) is 0 Å². The molecule has 2 aliphatic carbocycles. The van der Waals surface area contributed by atoms with Crippen LogP contribution in [-0.4, -0.2) is 54.4 Å². The summed E-state index contributed by atoms with van der Waals surface area (Å²) in [4.78, 5) is 15.3. The molecule has 5 nitrogen and oxygen atoms in total. The molecule has 0 bridgehead atoms. The van der Waals surface area contributed by atoms with Gasteiger partial charge in [-0.05, 0) is 25.7 Å². The van der Waals surface area contributed by atoms with Gasteiger partial charge in [0.25, 0.3) is 0 Å². The van der Waals surface area contributed by atoms with Crippen LogP contribution >= 0.6 is 0 Å². The molecule has 2 saturated heterocycles. The first kappa shape index (κ1) is 14.0. The van der Waals surface area contributed by atoms with Gasteiger partial charge in [-0.1, -0.05) is 13.8 Å². The van der Waals surface area contributed by atoms with E-state index in [1.807, 2.05) is 4.90 Å². The van der Waals surface area contributed by atoms with Crippen molar-refractivity contribution in [3.63, 3.8) is 0 Å². The first-order valence-corrected chi connectivity index (χ1v) is 8.31. The molecule has 4 fully saturated rings. The summed E-state index contributed by atoms with van der Waals surface area (Å²) >= 11 is 0. The summed E-state index contributed by atoms with van der Waals surface area (Å²) in [7, 11) is 0. The lowest BCUT2D eigenvalue weighted by molar-refractivity contribution is -0.192. The van der Waals surface area contributed by atoms with Gasteiger partial charge in [-0.15, -0.1) is 0 Å². The molecule has 0 spiro atoms. The Morgan fingerprint density at radius 1 is 1.19 bits per heavy atom. The van der Waals surface area contributed by atoms with E-state index in [-0.39, 0.29) is 35.5 Å². The van der Waals surface area contributed by atoms with Crippen molar-refractivity contribution in [1.82, 2.24) is 4.90 Å². The predicted octanol–water partition coefficient (Wildman–Crippen LogP) is 0.909. The van der Waals surface area contributed by atoms with Crippen LogP contribution in [0, 0.1) is 11.3 Å². The van der Waals surface area contributed by atoms with Gasteiger partial charge < -0.3 is 20.1 Å². The highest BCUT2D eigenvalue weighted by molar-refractivity contribution is 5.90. The van der Waals surface area contributed by atoms with E-state index in [0.717, 1.165) is 32.3 Å². The first-order valence-electron chi connectivity index (χ1n) is 8.31. The average molecular weight is 294 g/mol. The number of nitrogens with two attached hydrogens (primary N) is 1. The second kappa shape index (κ2) is 4.43. The lowest BCUT2D eigenvalue weighted by Gasteiger charge is -2.62. The zero-order chi connectivity index (χ0) is 14.8. The Hall–Kier alpha value is -0.650. The fraction of sp³-hybridized carbons (Fsp3) is 0.938. The highest BCUT2D eigenvalue weighted by Crippen LogP contribution is 2.59. The summed E-state index contributed by atoms with van der Waals surface area (Å²) in [5, 5.41) is 0. The van der Waals surface area contributed by atoms with Gasteiger partial charge in [-0.3, -0.25) is 4.79 Å². The van der Waals surface area contributed by atoms with E-state index in [1.54, 1.807) is 0 Å². The molecule has 5 heteroatoms. The standard InChI is InChI=1S/C16H26N2O3/c1-15(2)13-10(6-8-21-13)16(15,17)14(19)18-7-9-20-12-5-3-4-11(12)18/h10-13H,3-9,17H2,1-2H3. The lowest BCUT2D eigenvalue weighted by Crippen LogP contribution is -2.81. The van der Waals surface area contributed by atoms with Crippen LogP contribution in [0.5, 0.6) is 0 Å². The number of hydrogen-bond acceptors (Lipinski definition) is 4. The van der Waals surface area contributed by atoms with Gasteiger partial charge in [0.15, 0.2) is 0 Å². The highest BCUT2D eigenvalue weighted by atomic mass is 16.5. The third-order valence-corrected chi connectivity index (χ3v) is 6.55. The van der Waals surface area contributed by atoms with Gasteiger partial charge in [-0.2, -0.15) is 0 Å². The van der Waals surface area contributed by atoms with E-state index < -0.39 is 5.54 Å². The van der Waals surface area contributed by atoms with Crippen LogP contribution < -0.4 is 5.73 Å². The molecule has 0 aromatic rings. The zero-order valence-corrected chi connectivity index (χ0v) is 13.0. The molecular formula is C16H26N2O3. The summed E-state index contributed by atoms with van der Waals surface area (Å²) in [6.45, 7) is 6.25. The van der Waals surface area contributed by atoms with E-state index in [0.29, 0.717) is 13.2 Å². The van der Waals surface area contributed by atoms with Crippen molar-refractivity contribution in [1.29, 1.82) is 0 Å². The van der Waals surface area contributed by atoms with Crippen LogP contribution in [0.2, 0.25) is 0 Å². The van der Waals surface area contributed by atoms with E-state index in [9.17, 15) is 4.79 Å². The van der Waals surface area contributed by atoms with Gasteiger partial charge >= 0.3 is 0 Å². The van der Waals surface area contributed by atoms with Crippen molar-refractivity contribution >= 4 is 5.91 Å². The summed E-state index contributed by atoms with van der Waals surface area (Å²) in [5.41, 5.74) is 5.67. The molecule has 0 aromatic heterocycles. The minimum absolute atomic E-state index is 0.138. The largest absolute Gasteiger partial charge is 0.377 e. The molecule has 4 aliphatic rings. The maximum Gasteiger partial charge on any atom is 0.244 e. The second-order valence-corrected chi connectivity index (χ2v) is 7.68. The molecule has 0 aromatic carbocycles. The third-order valence-electron chi connectivity index (χ3n) is 6.55. The van der Waals surface area contributed by atoms with E-state index in [1.165, 1.54) is 0 Å². The summed E-state index contributed by atoms with van der Waals surface area (Å²) < 4.78 is 11.6. The number of fused-ring (bicyclic) bond motifs is 2. The monoisotopic (exact) mass is 294 g/mol. The van der Waals surface area contributed by atoms with Crippen LogP contribution in [0.15, 0.2) is 0 Å². The Morgan fingerprint density at radius 3 is 2.81 bits per heavy atom. The number of rotatable bonds is 1. The SMILES string of the molecule is CC1(C)C2OCCC2C1(N)C(=O)N1CCOC2CCCC21. The normalized spacial score (nSPS) is 47.7. The average Bonchev–Trinajstić information content (AvgIpc) is 3.12. The molecule has 118 valence electrons. The molecule has 1 amide bonds. The summed E-state index contributed by atoms with van der Waals surface area (Å²) in [6, 6.07) is 0.240. The predicted molar refractivity (Wildman–Crippen MR) is 77.6 cm³/mol. The molecule has 4 rings (SSSR count). The summed E-state index contributed by atoms with van der Waals surface area (Å²) in [6.07, 6.45) is 4.56. The molecule has 2 N–H and O–H groups in total. The Bertz CT molecular complexity index is 466. The van der Waals surface area contributed by atoms with Crippen molar-refractivity contribution in [3.8, 4) is 0 Å². The molecule has 0 radical (unpaired) electrons. The van der Waals surface area contributed by atoms with Crippen LogP contribution in [0.1, 0.15) is 39.5 Å². The van der Waals surface area contributed by atoms with Crippen molar-refractivity contribution in [2.45, 2.75) is 63.3 Å². The van der Waals surface area contributed by atoms with Gasteiger partial charge in [0.05, 0.1) is 24.9 Å². The number of amides is 1. The minimum Gasteiger partial charge on any atom is -0.377 e. The third kappa shape index (κ3) is 1.60. The zero-order valence-electron chi connectivity index (χ0n) is 13.0. The number of hydrogen-bond donors (Lipinski definition) is 1. The molecular weight excluding hydrogens is 268 g/mol. The van der Waals surface area contributed by atoms with Crippen molar-refractivity contribution in [3.05, 3.63) is 0 Å². The molecule has 21 heavy (non-hydrogen) atoms. The van der Waals surface area contributed by atoms with Crippen molar-refractivity contribution in [2.24, 2.45) is 17.1 Å². The maximum absolute atomic E-state index is 13.3. The van der Waals surface area contributed by atoms with Crippen LogP contribution in [0.3, 0.4) is 0 Å². The molecule has 5 unspecified atom stereocenters. The Labute approximate surface area is 126 Å². The van der Waals surface area contributed by atoms with Gasteiger partial charge in [0.1, 0.15) is 5.54 Å². The number of nitrogens with zero attached hydrogens (tertiary/aromatic N) is 1.